The van der Waals surface area contributed by atoms with Crippen molar-refractivity contribution in [2.24, 2.45) is 0 Å². The van der Waals surface area contributed by atoms with E-state index in [0.29, 0.717) is 23.8 Å². The minimum Gasteiger partial charge on any atom is -0.508 e. The molecule has 128 valence electrons. The molecule has 2 aromatic rings. The molecule has 24 heavy (non-hydrogen) atoms. The number of hydrogen-bond donors (Lipinski definition) is 2. The van der Waals surface area contributed by atoms with Crippen molar-refractivity contribution < 1.29 is 10.2 Å². The van der Waals surface area contributed by atoms with Gasteiger partial charge in [-0.3, -0.25) is 0 Å². The van der Waals surface area contributed by atoms with Gasteiger partial charge in [-0.15, -0.1) is 0 Å². The average molecular weight is 324 g/mol. The molecule has 2 nitrogen and oxygen atoms in total. The van der Waals surface area contributed by atoms with E-state index >= 15 is 0 Å². The fraction of sp³-hybridized carbons (Fsp3) is 0.455. The number of aryl methyl sites for hydroxylation is 1. The van der Waals surface area contributed by atoms with Crippen molar-refractivity contribution >= 4 is 0 Å². The van der Waals surface area contributed by atoms with Crippen LogP contribution in [0.4, 0.5) is 0 Å². The highest BCUT2D eigenvalue weighted by Crippen LogP contribution is 2.39. The van der Waals surface area contributed by atoms with Gasteiger partial charge in [0.15, 0.2) is 0 Å². The third-order valence-electron chi connectivity index (χ3n) is 5.79. The zero-order chi connectivity index (χ0) is 17.3. The maximum atomic E-state index is 10.9. The number of rotatable bonds is 3. The SMILES string of the molecule is Cc1cc(O)c(C)c(C)c1Cc1cccc(C2CCCCC2)c1O. The van der Waals surface area contributed by atoms with Gasteiger partial charge in [-0.2, -0.15) is 0 Å². The van der Waals surface area contributed by atoms with Gasteiger partial charge in [0.2, 0.25) is 0 Å². The number of aromatic hydroxyl groups is 2. The summed E-state index contributed by atoms with van der Waals surface area (Å²) in [5.41, 5.74) is 6.46. The molecule has 0 atom stereocenters. The molecule has 0 saturated heterocycles. The molecule has 0 amide bonds. The standard InChI is InChI=1S/C22H28O2/c1-14-12-21(23)16(3)15(2)20(14)13-18-10-7-11-19(22(18)24)17-8-5-4-6-9-17/h7,10-12,17,23-24H,4-6,8-9,13H2,1-3H3. The van der Waals surface area contributed by atoms with Gasteiger partial charge in [0, 0.05) is 6.42 Å². The lowest BCUT2D eigenvalue weighted by molar-refractivity contribution is 0.412. The normalized spacial score (nSPS) is 15.6. The first-order chi connectivity index (χ1) is 11.5. The second kappa shape index (κ2) is 6.88. The van der Waals surface area contributed by atoms with E-state index in [1.807, 2.05) is 26.0 Å². The third kappa shape index (κ3) is 3.15. The summed E-state index contributed by atoms with van der Waals surface area (Å²) in [5.74, 6) is 1.34. The Hall–Kier alpha value is -1.96. The van der Waals surface area contributed by atoms with Crippen LogP contribution in [0.5, 0.6) is 11.5 Å². The lowest BCUT2D eigenvalue weighted by Gasteiger charge is -2.24. The number of phenols is 2. The zero-order valence-electron chi connectivity index (χ0n) is 15.0. The maximum Gasteiger partial charge on any atom is 0.122 e. The van der Waals surface area contributed by atoms with E-state index in [-0.39, 0.29) is 0 Å². The Morgan fingerprint density at radius 2 is 1.67 bits per heavy atom. The van der Waals surface area contributed by atoms with Gasteiger partial charge in [0.1, 0.15) is 11.5 Å². The van der Waals surface area contributed by atoms with Crippen LogP contribution in [-0.2, 0) is 6.42 Å². The summed E-state index contributed by atoms with van der Waals surface area (Å²) in [6, 6.07) is 8.04. The van der Waals surface area contributed by atoms with Crippen molar-refractivity contribution in [1.29, 1.82) is 0 Å². The Bertz CT molecular complexity index is 740. The summed E-state index contributed by atoms with van der Waals surface area (Å²) in [6.45, 7) is 6.04. The number of phenolic OH excluding ortho intramolecular Hbond substituents is 2. The molecule has 1 aliphatic carbocycles. The smallest absolute Gasteiger partial charge is 0.122 e. The van der Waals surface area contributed by atoms with Gasteiger partial charge in [0.05, 0.1) is 0 Å². The summed E-state index contributed by atoms with van der Waals surface area (Å²) in [4.78, 5) is 0. The van der Waals surface area contributed by atoms with Crippen molar-refractivity contribution in [3.05, 3.63) is 57.6 Å². The van der Waals surface area contributed by atoms with Crippen LogP contribution >= 0.6 is 0 Å². The van der Waals surface area contributed by atoms with E-state index in [2.05, 4.69) is 19.1 Å². The summed E-state index contributed by atoms with van der Waals surface area (Å²) < 4.78 is 0. The van der Waals surface area contributed by atoms with Crippen molar-refractivity contribution in [2.75, 3.05) is 0 Å². The molecule has 3 rings (SSSR count). The van der Waals surface area contributed by atoms with Gasteiger partial charge in [-0.05, 0) is 79.0 Å². The molecule has 0 heterocycles. The maximum absolute atomic E-state index is 10.9. The number of para-hydroxylation sites is 1. The summed E-state index contributed by atoms with van der Waals surface area (Å²) in [7, 11) is 0. The molecule has 2 aromatic carbocycles. The molecule has 0 unspecified atom stereocenters. The van der Waals surface area contributed by atoms with Crippen LogP contribution in [0.1, 0.15) is 71.4 Å². The average Bonchev–Trinajstić information content (AvgIpc) is 2.59. The summed E-state index contributed by atoms with van der Waals surface area (Å²) >= 11 is 0. The van der Waals surface area contributed by atoms with Gasteiger partial charge in [-0.25, -0.2) is 0 Å². The van der Waals surface area contributed by atoms with Crippen molar-refractivity contribution in [3.63, 3.8) is 0 Å². The number of hydrogen-bond acceptors (Lipinski definition) is 2. The first kappa shape index (κ1) is 16.9. The minimum absolute atomic E-state index is 0.355. The molecule has 0 aliphatic heterocycles. The van der Waals surface area contributed by atoms with E-state index in [0.717, 1.165) is 27.8 Å². The highest BCUT2D eigenvalue weighted by molar-refractivity contribution is 5.51. The second-order valence-electron chi connectivity index (χ2n) is 7.31. The highest BCUT2D eigenvalue weighted by Gasteiger charge is 2.20. The minimum atomic E-state index is 0.355. The molecule has 1 aliphatic rings. The van der Waals surface area contributed by atoms with E-state index < -0.39 is 0 Å². The monoisotopic (exact) mass is 324 g/mol. The van der Waals surface area contributed by atoms with Crippen molar-refractivity contribution in [3.8, 4) is 11.5 Å². The largest absolute Gasteiger partial charge is 0.508 e. The van der Waals surface area contributed by atoms with Crippen LogP contribution in [-0.4, -0.2) is 10.2 Å². The highest BCUT2D eigenvalue weighted by atomic mass is 16.3. The molecule has 2 heteroatoms. The predicted molar refractivity (Wildman–Crippen MR) is 99.1 cm³/mol. The van der Waals surface area contributed by atoms with Crippen molar-refractivity contribution in [2.45, 2.75) is 65.2 Å². The Morgan fingerprint density at radius 1 is 0.958 bits per heavy atom. The fourth-order valence-electron chi connectivity index (χ4n) is 4.07. The summed E-state index contributed by atoms with van der Waals surface area (Å²) in [5, 5.41) is 20.8. The molecule has 1 saturated carbocycles. The quantitative estimate of drug-likeness (QED) is 0.764. The molecule has 0 radical (unpaired) electrons. The van der Waals surface area contributed by atoms with Gasteiger partial charge in [-0.1, -0.05) is 37.5 Å². The Labute approximate surface area is 145 Å². The molecular weight excluding hydrogens is 296 g/mol. The Kier molecular flexibility index (Phi) is 4.84. The van der Waals surface area contributed by atoms with E-state index in [1.165, 1.54) is 37.7 Å². The lowest BCUT2D eigenvalue weighted by atomic mass is 9.82. The van der Waals surface area contributed by atoms with Crippen LogP contribution in [0.3, 0.4) is 0 Å². The Balaban J connectivity index is 1.95. The van der Waals surface area contributed by atoms with Gasteiger partial charge < -0.3 is 10.2 Å². The van der Waals surface area contributed by atoms with Crippen LogP contribution in [0.2, 0.25) is 0 Å². The van der Waals surface area contributed by atoms with Crippen LogP contribution in [0, 0.1) is 20.8 Å². The van der Waals surface area contributed by atoms with Crippen LogP contribution in [0.15, 0.2) is 24.3 Å². The molecule has 0 bridgehead atoms. The van der Waals surface area contributed by atoms with E-state index in [9.17, 15) is 10.2 Å². The number of benzene rings is 2. The topological polar surface area (TPSA) is 40.5 Å². The summed E-state index contributed by atoms with van der Waals surface area (Å²) in [6.07, 6.45) is 6.95. The first-order valence-electron chi connectivity index (χ1n) is 9.08. The van der Waals surface area contributed by atoms with Crippen molar-refractivity contribution in [1.82, 2.24) is 0 Å². The molecule has 0 aromatic heterocycles. The zero-order valence-corrected chi connectivity index (χ0v) is 15.0. The molecule has 2 N–H and O–H groups in total. The lowest BCUT2D eigenvalue weighted by Crippen LogP contribution is -2.06. The molecule has 1 fully saturated rings. The molecular formula is C22H28O2. The van der Waals surface area contributed by atoms with Gasteiger partial charge in [0.25, 0.3) is 0 Å². The first-order valence-corrected chi connectivity index (χ1v) is 9.08. The predicted octanol–water partition coefficient (Wildman–Crippen LogP) is 5.66. The van der Waals surface area contributed by atoms with Crippen LogP contribution in [0.25, 0.3) is 0 Å². The second-order valence-corrected chi connectivity index (χ2v) is 7.31. The van der Waals surface area contributed by atoms with Crippen LogP contribution < -0.4 is 0 Å². The third-order valence-corrected chi connectivity index (χ3v) is 5.79. The fourth-order valence-corrected chi connectivity index (χ4v) is 4.07. The van der Waals surface area contributed by atoms with E-state index in [4.69, 9.17) is 0 Å². The Morgan fingerprint density at radius 3 is 2.38 bits per heavy atom. The van der Waals surface area contributed by atoms with Gasteiger partial charge >= 0.3 is 0 Å². The molecule has 0 spiro atoms. The van der Waals surface area contributed by atoms with E-state index in [1.54, 1.807) is 0 Å².